The molecule has 262 valence electrons. The van der Waals surface area contributed by atoms with Gasteiger partial charge in [0.25, 0.3) is 5.91 Å². The molecule has 4 aliphatic rings. The molecule has 0 radical (unpaired) electrons. The number of nitrogens with one attached hydrogen (secondary N) is 3. The summed E-state index contributed by atoms with van der Waals surface area (Å²) in [5.74, 6) is 2.28. The normalized spacial score (nSPS) is 22.7. The smallest absolute Gasteiger partial charge is 0.251 e. The molecule has 3 fully saturated rings. The van der Waals surface area contributed by atoms with Crippen molar-refractivity contribution in [1.82, 2.24) is 25.4 Å². The van der Waals surface area contributed by atoms with E-state index in [2.05, 4.69) is 45.7 Å². The third kappa shape index (κ3) is 8.58. The largest absolute Gasteiger partial charge is 0.491 e. The fourth-order valence-electron chi connectivity index (χ4n) is 7.35. The average Bonchev–Trinajstić information content (AvgIpc) is 3.51. The number of hydrogen-bond acceptors (Lipinski definition) is 10. The molecule has 2 aromatic rings. The van der Waals surface area contributed by atoms with Crippen LogP contribution in [0.3, 0.4) is 0 Å². The third-order valence-corrected chi connectivity index (χ3v) is 10.4. The van der Waals surface area contributed by atoms with Gasteiger partial charge in [-0.2, -0.15) is 0 Å². The van der Waals surface area contributed by atoms with E-state index < -0.39 is 6.10 Å². The molecule has 12 nitrogen and oxygen atoms in total. The molecule has 2 amide bonds. The quantitative estimate of drug-likeness (QED) is 0.285. The van der Waals surface area contributed by atoms with Crippen molar-refractivity contribution in [2.24, 2.45) is 0 Å². The first-order valence-electron chi connectivity index (χ1n) is 17.8. The van der Waals surface area contributed by atoms with Crippen LogP contribution in [0, 0.1) is 6.92 Å². The minimum atomic E-state index is -0.700. The predicted octanol–water partition coefficient (Wildman–Crippen LogP) is 2.67. The van der Waals surface area contributed by atoms with Crippen molar-refractivity contribution < 1.29 is 24.2 Å². The van der Waals surface area contributed by atoms with Crippen LogP contribution in [0.5, 0.6) is 5.75 Å². The number of aliphatic hydroxyl groups is 1. The van der Waals surface area contributed by atoms with Gasteiger partial charge in [0.15, 0.2) is 0 Å². The standard InChI is InChI=1S/C36H53N7O5/c1-24-31-11-14-41(20-27(31)7-8-32(24)47-22-33-25(2)38-23-48-33)21-30(45)19-37-36(46)28-17-34(39-29-9-15-42(16-10-29)26(3)44)40-35(18-28)43-12-5-4-6-13-43/h7-8,17-18,25,29-30,33,38,45H,4-6,9-16,19-23H2,1-3H3,(H,37,46)(H,39,40)/t25?,30-,33?/m0/s1. The van der Waals surface area contributed by atoms with Crippen molar-refractivity contribution >= 4 is 23.5 Å². The molecule has 4 N–H and O–H groups in total. The van der Waals surface area contributed by atoms with Crippen molar-refractivity contribution in [3.63, 3.8) is 0 Å². The average molecular weight is 664 g/mol. The number of carbonyl (C=O) groups excluding carboxylic acids is 2. The SMILES string of the molecule is CC(=O)N1CCC(Nc2cc(C(=O)NC[C@H](O)CN3CCc4c(ccc(OCC5OCNC5C)c4C)C3)cc(N3CCCCC3)n2)CC1. The number of benzene rings is 1. The molecule has 0 aliphatic carbocycles. The number of piperidine rings is 2. The number of aromatic nitrogens is 1. The van der Waals surface area contributed by atoms with Crippen LogP contribution in [0.2, 0.25) is 0 Å². The van der Waals surface area contributed by atoms with E-state index in [1.807, 2.05) is 23.1 Å². The van der Waals surface area contributed by atoms with Crippen molar-refractivity contribution in [3.8, 4) is 5.75 Å². The molecular weight excluding hydrogens is 610 g/mol. The molecule has 48 heavy (non-hydrogen) atoms. The van der Waals surface area contributed by atoms with Crippen molar-refractivity contribution in [2.45, 2.75) is 90.1 Å². The summed E-state index contributed by atoms with van der Waals surface area (Å²) < 4.78 is 11.9. The van der Waals surface area contributed by atoms with Crippen LogP contribution in [-0.2, 0) is 22.5 Å². The summed E-state index contributed by atoms with van der Waals surface area (Å²) in [6, 6.07) is 8.33. The van der Waals surface area contributed by atoms with E-state index in [0.717, 1.165) is 82.9 Å². The first kappa shape index (κ1) is 34.4. The summed E-state index contributed by atoms with van der Waals surface area (Å²) in [6.07, 6.45) is 5.34. The lowest BCUT2D eigenvalue weighted by Gasteiger charge is -2.33. The van der Waals surface area contributed by atoms with Crippen LogP contribution in [0.1, 0.15) is 73.0 Å². The number of hydrogen-bond donors (Lipinski definition) is 4. The number of fused-ring (bicyclic) bond motifs is 1. The van der Waals surface area contributed by atoms with E-state index in [4.69, 9.17) is 14.5 Å². The van der Waals surface area contributed by atoms with Crippen LogP contribution in [-0.4, -0.2) is 115 Å². The Kier molecular flexibility index (Phi) is 11.4. The van der Waals surface area contributed by atoms with Gasteiger partial charge < -0.3 is 35.0 Å². The zero-order chi connectivity index (χ0) is 33.6. The van der Waals surface area contributed by atoms with Crippen LogP contribution >= 0.6 is 0 Å². The molecule has 0 spiro atoms. The second-order valence-electron chi connectivity index (χ2n) is 13.9. The topological polar surface area (TPSA) is 132 Å². The number of β-amino-alcohol motifs (C(OH)–C–C–N with tert-alkyl or cyclic N) is 1. The van der Waals surface area contributed by atoms with Gasteiger partial charge in [-0.1, -0.05) is 6.07 Å². The molecule has 12 heteroatoms. The van der Waals surface area contributed by atoms with Gasteiger partial charge in [-0.25, -0.2) is 4.98 Å². The summed E-state index contributed by atoms with van der Waals surface area (Å²) in [4.78, 5) is 36.5. The number of pyridine rings is 1. The molecule has 2 unspecified atom stereocenters. The first-order chi connectivity index (χ1) is 23.2. The Labute approximate surface area is 284 Å². The van der Waals surface area contributed by atoms with E-state index in [1.54, 1.807) is 6.92 Å². The highest BCUT2D eigenvalue weighted by Crippen LogP contribution is 2.30. The predicted molar refractivity (Wildman–Crippen MR) is 186 cm³/mol. The number of nitrogens with zero attached hydrogens (tertiary/aromatic N) is 4. The highest BCUT2D eigenvalue weighted by Gasteiger charge is 2.27. The Hall–Kier alpha value is -3.45. The summed E-state index contributed by atoms with van der Waals surface area (Å²) in [5, 5.41) is 20.8. The lowest BCUT2D eigenvalue weighted by Crippen LogP contribution is -2.42. The maximum atomic E-state index is 13.4. The molecule has 3 saturated heterocycles. The molecule has 3 atom stereocenters. The molecule has 1 aromatic heterocycles. The Morgan fingerprint density at radius 3 is 2.65 bits per heavy atom. The van der Waals surface area contributed by atoms with Crippen LogP contribution in [0.25, 0.3) is 0 Å². The number of ether oxygens (including phenoxy) is 2. The number of amides is 2. The molecule has 0 saturated carbocycles. The molecule has 5 heterocycles. The van der Waals surface area contributed by atoms with Gasteiger partial charge in [0, 0.05) is 76.9 Å². The Balaban J connectivity index is 1.03. The fraction of sp³-hybridized carbons (Fsp3) is 0.639. The van der Waals surface area contributed by atoms with E-state index in [9.17, 15) is 14.7 Å². The number of anilines is 2. The van der Waals surface area contributed by atoms with Gasteiger partial charge in [-0.3, -0.25) is 19.8 Å². The van der Waals surface area contributed by atoms with Crippen LogP contribution in [0.4, 0.5) is 11.6 Å². The second kappa shape index (κ2) is 15.8. The maximum absolute atomic E-state index is 13.4. The highest BCUT2D eigenvalue weighted by molar-refractivity contribution is 5.95. The second-order valence-corrected chi connectivity index (χ2v) is 13.9. The highest BCUT2D eigenvalue weighted by atomic mass is 16.5. The Morgan fingerprint density at radius 1 is 1.12 bits per heavy atom. The van der Waals surface area contributed by atoms with E-state index in [1.165, 1.54) is 23.1 Å². The van der Waals surface area contributed by atoms with Gasteiger partial charge >= 0.3 is 0 Å². The maximum Gasteiger partial charge on any atom is 0.251 e. The van der Waals surface area contributed by atoms with Gasteiger partial charge in [0.2, 0.25) is 5.91 Å². The zero-order valence-electron chi connectivity index (χ0n) is 28.8. The summed E-state index contributed by atoms with van der Waals surface area (Å²) in [5.41, 5.74) is 4.28. The molecule has 6 rings (SSSR count). The lowest BCUT2D eigenvalue weighted by molar-refractivity contribution is -0.129. The van der Waals surface area contributed by atoms with Crippen molar-refractivity contribution in [2.75, 3.05) is 69.4 Å². The van der Waals surface area contributed by atoms with E-state index in [-0.39, 0.29) is 36.5 Å². The number of carbonyl (C=O) groups is 2. The third-order valence-electron chi connectivity index (χ3n) is 10.4. The Morgan fingerprint density at radius 2 is 1.92 bits per heavy atom. The van der Waals surface area contributed by atoms with E-state index >= 15 is 0 Å². The molecule has 4 aliphatic heterocycles. The zero-order valence-corrected chi connectivity index (χ0v) is 28.8. The molecular formula is C36H53N7O5. The van der Waals surface area contributed by atoms with Crippen molar-refractivity contribution in [3.05, 3.63) is 46.5 Å². The summed E-state index contributed by atoms with van der Waals surface area (Å²) in [7, 11) is 0. The number of likely N-dealkylation sites (tertiary alicyclic amines) is 1. The fourth-order valence-corrected chi connectivity index (χ4v) is 7.35. The van der Waals surface area contributed by atoms with Crippen LogP contribution < -0.4 is 25.6 Å². The van der Waals surface area contributed by atoms with E-state index in [0.29, 0.717) is 31.3 Å². The van der Waals surface area contributed by atoms with Crippen molar-refractivity contribution in [1.29, 1.82) is 0 Å². The summed E-state index contributed by atoms with van der Waals surface area (Å²) >= 11 is 0. The number of aliphatic hydroxyl groups excluding tert-OH is 1. The van der Waals surface area contributed by atoms with Gasteiger partial charge in [-0.05, 0) is 87.3 Å². The van der Waals surface area contributed by atoms with Gasteiger partial charge in [-0.15, -0.1) is 0 Å². The van der Waals surface area contributed by atoms with Crippen LogP contribution in [0.15, 0.2) is 24.3 Å². The Bertz CT molecular complexity index is 1430. The van der Waals surface area contributed by atoms with Gasteiger partial charge in [0.05, 0.1) is 12.8 Å². The number of rotatable bonds is 11. The minimum Gasteiger partial charge on any atom is -0.491 e. The first-order valence-corrected chi connectivity index (χ1v) is 17.8. The van der Waals surface area contributed by atoms with Gasteiger partial charge in [0.1, 0.15) is 30.1 Å². The lowest BCUT2D eigenvalue weighted by atomic mass is 9.94. The molecule has 0 bridgehead atoms. The minimum absolute atomic E-state index is 0.0507. The summed E-state index contributed by atoms with van der Waals surface area (Å²) in [6.45, 7) is 12.4. The molecule has 1 aromatic carbocycles. The monoisotopic (exact) mass is 663 g/mol.